The van der Waals surface area contributed by atoms with E-state index in [1.165, 1.54) is 4.88 Å². The van der Waals surface area contributed by atoms with Crippen LogP contribution in [0.2, 0.25) is 0 Å². The first-order chi connectivity index (χ1) is 7.74. The van der Waals surface area contributed by atoms with Gasteiger partial charge in [0.2, 0.25) is 0 Å². The third-order valence-corrected chi connectivity index (χ3v) is 3.87. The van der Waals surface area contributed by atoms with Crippen molar-refractivity contribution in [3.8, 4) is 10.7 Å². The van der Waals surface area contributed by atoms with Gasteiger partial charge in [-0.1, -0.05) is 0 Å². The number of hydrogen-bond acceptors (Lipinski definition) is 4. The van der Waals surface area contributed by atoms with Crippen molar-refractivity contribution >= 4 is 11.3 Å². The van der Waals surface area contributed by atoms with Crippen molar-refractivity contribution in [1.29, 1.82) is 0 Å². The zero-order valence-electron chi connectivity index (χ0n) is 9.18. The summed E-state index contributed by atoms with van der Waals surface area (Å²) in [7, 11) is 0. The molecule has 2 aromatic rings. The van der Waals surface area contributed by atoms with E-state index in [0.29, 0.717) is 0 Å². The van der Waals surface area contributed by atoms with Gasteiger partial charge in [0.15, 0.2) is 5.82 Å². The van der Waals surface area contributed by atoms with E-state index in [1.807, 2.05) is 4.68 Å². The lowest BCUT2D eigenvalue weighted by Gasteiger charge is -2.18. The Hall–Kier alpha value is -1.20. The van der Waals surface area contributed by atoms with Gasteiger partial charge in [0.25, 0.3) is 0 Å². The highest BCUT2D eigenvalue weighted by molar-refractivity contribution is 7.15. The van der Waals surface area contributed by atoms with Crippen molar-refractivity contribution < 1.29 is 0 Å². The molecule has 0 radical (unpaired) electrons. The summed E-state index contributed by atoms with van der Waals surface area (Å²) < 4.78 is 1.88. The molecule has 0 amide bonds. The van der Waals surface area contributed by atoms with E-state index in [1.54, 1.807) is 11.3 Å². The molecule has 0 spiro atoms. The van der Waals surface area contributed by atoms with Gasteiger partial charge < -0.3 is 5.73 Å². The van der Waals surface area contributed by atoms with Crippen molar-refractivity contribution in [2.75, 3.05) is 0 Å². The van der Waals surface area contributed by atoms with E-state index in [9.17, 15) is 0 Å². The van der Waals surface area contributed by atoms with Crippen LogP contribution in [0.1, 0.15) is 29.7 Å². The molecular weight excluding hydrogens is 220 g/mol. The van der Waals surface area contributed by atoms with Crippen LogP contribution in [-0.4, -0.2) is 14.8 Å². The van der Waals surface area contributed by atoms with E-state index in [0.717, 1.165) is 35.8 Å². The summed E-state index contributed by atoms with van der Waals surface area (Å²) in [5.74, 6) is 1.85. The summed E-state index contributed by atoms with van der Waals surface area (Å²) >= 11 is 1.73. The van der Waals surface area contributed by atoms with Gasteiger partial charge in [0, 0.05) is 11.3 Å². The molecule has 0 aliphatic carbocycles. The van der Waals surface area contributed by atoms with E-state index >= 15 is 0 Å². The molecule has 16 heavy (non-hydrogen) atoms. The topological polar surface area (TPSA) is 56.7 Å². The Balaban J connectivity index is 2.04. The lowest BCUT2D eigenvalue weighted by molar-refractivity contribution is 0.373. The molecule has 0 aromatic carbocycles. The first-order valence-corrected chi connectivity index (χ1v) is 6.33. The SMILES string of the molecule is Cc1ccc(-c2nc3n(n2)C(N)CCC3)s1. The largest absolute Gasteiger partial charge is 0.310 e. The van der Waals surface area contributed by atoms with Crippen molar-refractivity contribution in [2.24, 2.45) is 5.73 Å². The summed E-state index contributed by atoms with van der Waals surface area (Å²) in [4.78, 5) is 6.98. The van der Waals surface area contributed by atoms with Gasteiger partial charge in [0.1, 0.15) is 12.0 Å². The summed E-state index contributed by atoms with van der Waals surface area (Å²) in [5.41, 5.74) is 6.01. The van der Waals surface area contributed by atoms with Crippen LogP contribution in [0.25, 0.3) is 10.7 Å². The molecule has 3 rings (SSSR count). The number of hydrogen-bond donors (Lipinski definition) is 1. The number of aromatic nitrogens is 3. The standard InChI is InChI=1S/C11H14N4S/c1-7-5-6-8(16-7)11-13-10-4-2-3-9(12)15(10)14-11/h5-6,9H,2-4,12H2,1H3. The number of nitrogens with two attached hydrogens (primary N) is 1. The Morgan fingerprint density at radius 1 is 1.50 bits per heavy atom. The molecule has 5 heteroatoms. The van der Waals surface area contributed by atoms with Crippen LogP contribution >= 0.6 is 11.3 Å². The highest BCUT2D eigenvalue weighted by Crippen LogP contribution is 2.27. The average Bonchev–Trinajstić information content (AvgIpc) is 2.84. The van der Waals surface area contributed by atoms with E-state index in [2.05, 4.69) is 29.1 Å². The third-order valence-electron chi connectivity index (χ3n) is 2.88. The minimum Gasteiger partial charge on any atom is -0.310 e. The molecule has 0 saturated heterocycles. The molecule has 1 aliphatic heterocycles. The molecule has 0 saturated carbocycles. The first-order valence-electron chi connectivity index (χ1n) is 5.52. The van der Waals surface area contributed by atoms with Gasteiger partial charge in [-0.05, 0) is 31.9 Å². The van der Waals surface area contributed by atoms with Crippen LogP contribution < -0.4 is 5.73 Å². The zero-order valence-corrected chi connectivity index (χ0v) is 10.00. The molecule has 2 N–H and O–H groups in total. The maximum atomic E-state index is 6.01. The highest BCUT2D eigenvalue weighted by atomic mass is 32.1. The maximum absolute atomic E-state index is 6.01. The van der Waals surface area contributed by atoms with Gasteiger partial charge in [-0.25, -0.2) is 9.67 Å². The van der Waals surface area contributed by atoms with Crippen molar-refractivity contribution in [3.05, 3.63) is 22.8 Å². The second-order valence-corrected chi connectivity index (χ2v) is 5.45. The maximum Gasteiger partial charge on any atom is 0.191 e. The average molecular weight is 234 g/mol. The summed E-state index contributed by atoms with van der Waals surface area (Å²) in [5, 5.41) is 4.51. The molecule has 2 aromatic heterocycles. The second kappa shape index (κ2) is 3.68. The quantitative estimate of drug-likeness (QED) is 0.822. The normalized spacial score (nSPS) is 19.8. The van der Waals surface area contributed by atoms with Gasteiger partial charge in [0.05, 0.1) is 4.88 Å². The molecular formula is C11H14N4S. The van der Waals surface area contributed by atoms with Crippen LogP contribution in [0, 0.1) is 6.92 Å². The first kappa shape index (κ1) is 9.99. The van der Waals surface area contributed by atoms with Crippen LogP contribution in [0.15, 0.2) is 12.1 Å². The molecule has 4 nitrogen and oxygen atoms in total. The van der Waals surface area contributed by atoms with Gasteiger partial charge in [-0.3, -0.25) is 0 Å². The zero-order chi connectivity index (χ0) is 11.1. The second-order valence-electron chi connectivity index (χ2n) is 4.17. The fourth-order valence-electron chi connectivity index (χ4n) is 2.04. The predicted molar refractivity (Wildman–Crippen MR) is 64.2 cm³/mol. The molecule has 1 atom stereocenters. The van der Waals surface area contributed by atoms with Gasteiger partial charge >= 0.3 is 0 Å². The molecule has 0 fully saturated rings. The van der Waals surface area contributed by atoms with Crippen molar-refractivity contribution in [3.63, 3.8) is 0 Å². The van der Waals surface area contributed by atoms with E-state index < -0.39 is 0 Å². The predicted octanol–water partition coefficient (Wildman–Crippen LogP) is 2.11. The molecule has 1 unspecified atom stereocenters. The van der Waals surface area contributed by atoms with Crippen LogP contribution in [-0.2, 0) is 6.42 Å². The van der Waals surface area contributed by atoms with Crippen LogP contribution in [0.5, 0.6) is 0 Å². The molecule has 0 bridgehead atoms. The number of nitrogens with zero attached hydrogens (tertiary/aromatic N) is 3. The number of thiophene rings is 1. The Kier molecular flexibility index (Phi) is 2.29. The lowest BCUT2D eigenvalue weighted by atomic mass is 10.1. The minimum atomic E-state index is 0.00561. The van der Waals surface area contributed by atoms with E-state index in [-0.39, 0.29) is 6.17 Å². The Morgan fingerprint density at radius 3 is 3.06 bits per heavy atom. The van der Waals surface area contributed by atoms with Crippen LogP contribution in [0.3, 0.4) is 0 Å². The van der Waals surface area contributed by atoms with Gasteiger partial charge in [-0.15, -0.1) is 16.4 Å². The van der Waals surface area contributed by atoms with E-state index in [4.69, 9.17) is 5.73 Å². The number of aryl methyl sites for hydroxylation is 2. The Morgan fingerprint density at radius 2 is 2.38 bits per heavy atom. The minimum absolute atomic E-state index is 0.00561. The van der Waals surface area contributed by atoms with Crippen molar-refractivity contribution in [2.45, 2.75) is 32.4 Å². The van der Waals surface area contributed by atoms with Gasteiger partial charge in [-0.2, -0.15) is 0 Å². The highest BCUT2D eigenvalue weighted by Gasteiger charge is 2.20. The lowest BCUT2D eigenvalue weighted by Crippen LogP contribution is -2.25. The Bertz CT molecular complexity index is 514. The fraction of sp³-hybridized carbons (Fsp3) is 0.455. The summed E-state index contributed by atoms with van der Waals surface area (Å²) in [6.07, 6.45) is 3.11. The number of rotatable bonds is 1. The molecule has 1 aliphatic rings. The third kappa shape index (κ3) is 1.56. The molecule has 3 heterocycles. The smallest absolute Gasteiger partial charge is 0.191 e. The molecule has 84 valence electrons. The van der Waals surface area contributed by atoms with Crippen molar-refractivity contribution in [1.82, 2.24) is 14.8 Å². The summed E-state index contributed by atoms with van der Waals surface area (Å²) in [6.45, 7) is 2.09. The number of fused-ring (bicyclic) bond motifs is 1. The monoisotopic (exact) mass is 234 g/mol. The summed E-state index contributed by atoms with van der Waals surface area (Å²) in [6, 6.07) is 4.17. The Labute approximate surface area is 98.1 Å². The fourth-order valence-corrected chi connectivity index (χ4v) is 2.84. The van der Waals surface area contributed by atoms with Crippen LogP contribution in [0.4, 0.5) is 0 Å².